The smallest absolute Gasteiger partial charge is 0.0412 e. The average molecular weight is 232 g/mol. The Morgan fingerprint density at radius 2 is 2.27 bits per heavy atom. The van der Waals surface area contributed by atoms with Crippen LogP contribution in [0.1, 0.15) is 12.5 Å². The fourth-order valence-electron chi connectivity index (χ4n) is 0.797. The highest BCUT2D eigenvalue weighted by Crippen LogP contribution is 2.18. The highest BCUT2D eigenvalue weighted by molar-refractivity contribution is 9.11. The van der Waals surface area contributed by atoms with Crippen molar-refractivity contribution in [3.8, 4) is 0 Å². The van der Waals surface area contributed by atoms with E-state index in [0.29, 0.717) is 0 Å². The second kappa shape index (κ2) is 3.93. The fourth-order valence-corrected chi connectivity index (χ4v) is 1.25. The first kappa shape index (κ1) is 8.82. The molecular formula is C9H8BrCl. The molecule has 0 radical (unpaired) electrons. The van der Waals surface area contributed by atoms with E-state index in [4.69, 9.17) is 11.6 Å². The van der Waals surface area contributed by atoms with Crippen LogP contribution in [0.2, 0.25) is 5.02 Å². The van der Waals surface area contributed by atoms with E-state index in [1.165, 1.54) is 5.57 Å². The van der Waals surface area contributed by atoms with Gasteiger partial charge in [0, 0.05) is 5.02 Å². The Bertz CT molecular complexity index is 279. The minimum atomic E-state index is 0.774. The molecule has 0 aliphatic carbocycles. The van der Waals surface area contributed by atoms with Gasteiger partial charge in [0.05, 0.1) is 0 Å². The maximum absolute atomic E-state index is 5.80. The third-order valence-corrected chi connectivity index (χ3v) is 2.37. The van der Waals surface area contributed by atoms with Gasteiger partial charge in [-0.3, -0.25) is 0 Å². The van der Waals surface area contributed by atoms with E-state index in [2.05, 4.69) is 15.9 Å². The van der Waals surface area contributed by atoms with Crippen LogP contribution in [0, 0.1) is 0 Å². The zero-order chi connectivity index (χ0) is 8.27. The molecule has 0 spiro atoms. The quantitative estimate of drug-likeness (QED) is 0.683. The van der Waals surface area contributed by atoms with E-state index in [1.807, 2.05) is 36.2 Å². The Morgan fingerprint density at radius 1 is 1.55 bits per heavy atom. The zero-order valence-corrected chi connectivity index (χ0v) is 8.48. The number of hydrogen-bond acceptors (Lipinski definition) is 0. The molecule has 0 amide bonds. The van der Waals surface area contributed by atoms with Crippen molar-refractivity contribution in [1.29, 1.82) is 0 Å². The van der Waals surface area contributed by atoms with Crippen LogP contribution in [-0.4, -0.2) is 0 Å². The number of rotatable bonds is 1. The molecule has 0 aliphatic rings. The maximum atomic E-state index is 5.80. The van der Waals surface area contributed by atoms with E-state index in [9.17, 15) is 0 Å². The number of halogens is 2. The fraction of sp³-hybridized carbons (Fsp3) is 0.111. The molecule has 0 saturated heterocycles. The molecule has 0 atom stereocenters. The van der Waals surface area contributed by atoms with Gasteiger partial charge in [-0.2, -0.15) is 0 Å². The van der Waals surface area contributed by atoms with Gasteiger partial charge in [-0.1, -0.05) is 39.7 Å². The van der Waals surface area contributed by atoms with Crippen molar-refractivity contribution in [3.63, 3.8) is 0 Å². The molecule has 11 heavy (non-hydrogen) atoms. The normalized spacial score (nSPS) is 11.7. The van der Waals surface area contributed by atoms with Gasteiger partial charge >= 0.3 is 0 Å². The van der Waals surface area contributed by atoms with Crippen LogP contribution < -0.4 is 0 Å². The minimum Gasteiger partial charge on any atom is -0.0843 e. The lowest BCUT2D eigenvalue weighted by Gasteiger charge is -1.98. The van der Waals surface area contributed by atoms with Crippen LogP contribution >= 0.6 is 27.5 Å². The van der Waals surface area contributed by atoms with Crippen molar-refractivity contribution in [2.75, 3.05) is 0 Å². The predicted octanol–water partition coefficient (Wildman–Crippen LogP) is 4.10. The van der Waals surface area contributed by atoms with Crippen LogP contribution in [0.25, 0.3) is 5.57 Å². The van der Waals surface area contributed by atoms with Crippen molar-refractivity contribution in [2.45, 2.75) is 6.92 Å². The summed E-state index contributed by atoms with van der Waals surface area (Å²) in [5.41, 5.74) is 2.32. The minimum absolute atomic E-state index is 0.774. The van der Waals surface area contributed by atoms with Crippen LogP contribution in [-0.2, 0) is 0 Å². The van der Waals surface area contributed by atoms with Crippen molar-refractivity contribution < 1.29 is 0 Å². The summed E-state index contributed by atoms with van der Waals surface area (Å²) in [7, 11) is 0. The number of hydrogen-bond donors (Lipinski definition) is 0. The van der Waals surface area contributed by atoms with Crippen molar-refractivity contribution >= 4 is 33.1 Å². The molecule has 1 aromatic carbocycles. The second-order valence-corrected chi connectivity index (χ2v) is 3.20. The van der Waals surface area contributed by atoms with Gasteiger partial charge in [-0.25, -0.2) is 0 Å². The molecule has 2 heteroatoms. The van der Waals surface area contributed by atoms with E-state index in [1.54, 1.807) is 0 Å². The second-order valence-electron chi connectivity index (χ2n) is 2.30. The Kier molecular flexibility index (Phi) is 3.16. The molecular weight excluding hydrogens is 223 g/mol. The highest BCUT2D eigenvalue weighted by Gasteiger charge is 1.94. The molecule has 0 unspecified atom stereocenters. The first-order valence-corrected chi connectivity index (χ1v) is 4.56. The topological polar surface area (TPSA) is 0 Å². The number of allylic oxidation sites excluding steroid dienone is 1. The Balaban J connectivity index is 3.06. The molecule has 0 aliphatic heterocycles. The molecule has 0 heterocycles. The van der Waals surface area contributed by atoms with Crippen LogP contribution in [0.15, 0.2) is 29.3 Å². The monoisotopic (exact) mass is 230 g/mol. The maximum Gasteiger partial charge on any atom is 0.0412 e. The third kappa shape index (κ3) is 2.35. The summed E-state index contributed by atoms with van der Waals surface area (Å²) in [6.45, 7) is 2.03. The molecule has 0 fully saturated rings. The molecule has 0 bridgehead atoms. The first-order chi connectivity index (χ1) is 5.24. The van der Waals surface area contributed by atoms with Crippen LogP contribution in [0.5, 0.6) is 0 Å². The van der Waals surface area contributed by atoms with Gasteiger partial charge in [0.1, 0.15) is 0 Å². The lowest BCUT2D eigenvalue weighted by molar-refractivity contribution is 1.58. The lowest BCUT2D eigenvalue weighted by Crippen LogP contribution is -1.76. The first-order valence-electron chi connectivity index (χ1n) is 3.27. The summed E-state index contributed by atoms with van der Waals surface area (Å²) in [5.74, 6) is 0. The van der Waals surface area contributed by atoms with Crippen molar-refractivity contribution in [1.82, 2.24) is 0 Å². The zero-order valence-electron chi connectivity index (χ0n) is 6.14. The molecule has 1 rings (SSSR count). The molecule has 0 N–H and O–H groups in total. The third-order valence-electron chi connectivity index (χ3n) is 1.44. The van der Waals surface area contributed by atoms with Gasteiger partial charge < -0.3 is 0 Å². The summed E-state index contributed by atoms with van der Waals surface area (Å²) < 4.78 is 0. The van der Waals surface area contributed by atoms with Gasteiger partial charge in [-0.15, -0.1) is 0 Å². The van der Waals surface area contributed by atoms with E-state index >= 15 is 0 Å². The molecule has 1 aromatic rings. The summed E-state index contributed by atoms with van der Waals surface area (Å²) in [5, 5.41) is 0.774. The van der Waals surface area contributed by atoms with Gasteiger partial charge in [0.25, 0.3) is 0 Å². The lowest BCUT2D eigenvalue weighted by atomic mass is 10.1. The Labute approximate surface area is 80.0 Å². The Morgan fingerprint density at radius 3 is 2.82 bits per heavy atom. The molecule has 58 valence electrons. The van der Waals surface area contributed by atoms with E-state index in [-0.39, 0.29) is 0 Å². The van der Waals surface area contributed by atoms with Crippen LogP contribution in [0.4, 0.5) is 0 Å². The van der Waals surface area contributed by atoms with Gasteiger partial charge in [-0.05, 0) is 35.2 Å². The van der Waals surface area contributed by atoms with Crippen molar-refractivity contribution in [2.24, 2.45) is 0 Å². The number of benzene rings is 1. The predicted molar refractivity (Wildman–Crippen MR) is 54.0 cm³/mol. The highest BCUT2D eigenvalue weighted by atomic mass is 79.9. The summed E-state index contributed by atoms with van der Waals surface area (Å²) in [6, 6.07) is 7.78. The summed E-state index contributed by atoms with van der Waals surface area (Å²) in [4.78, 5) is 1.89. The largest absolute Gasteiger partial charge is 0.0843 e. The van der Waals surface area contributed by atoms with E-state index in [0.717, 1.165) is 10.6 Å². The van der Waals surface area contributed by atoms with Gasteiger partial charge in [0.2, 0.25) is 0 Å². The molecule has 0 saturated carbocycles. The molecule has 0 aromatic heterocycles. The van der Waals surface area contributed by atoms with Crippen LogP contribution in [0.3, 0.4) is 0 Å². The standard InChI is InChI=1S/C9H8BrCl/c1-7(6-10)8-3-2-4-9(11)5-8/h2-6H,1H3/b7-6+. The summed E-state index contributed by atoms with van der Waals surface area (Å²) in [6.07, 6.45) is 0. The van der Waals surface area contributed by atoms with Gasteiger partial charge in [0.15, 0.2) is 0 Å². The van der Waals surface area contributed by atoms with E-state index < -0.39 is 0 Å². The Hall–Kier alpha value is -0.270. The average Bonchev–Trinajstić information content (AvgIpc) is 2.03. The van der Waals surface area contributed by atoms with Crippen molar-refractivity contribution in [3.05, 3.63) is 39.8 Å². The summed E-state index contributed by atoms with van der Waals surface area (Å²) >= 11 is 9.07. The SMILES string of the molecule is C/C(=C\Br)c1cccc(Cl)c1. The molecule has 0 nitrogen and oxygen atoms in total.